The van der Waals surface area contributed by atoms with E-state index in [0.29, 0.717) is 4.68 Å². The molecule has 1 atom stereocenters. The van der Waals surface area contributed by atoms with Crippen LogP contribution in [0.4, 0.5) is 26.3 Å². The number of aromatic nitrogens is 5. The Kier molecular flexibility index (Phi) is 9.53. The van der Waals surface area contributed by atoms with E-state index in [1.54, 1.807) is 0 Å². The third-order valence-corrected chi connectivity index (χ3v) is 8.08. The van der Waals surface area contributed by atoms with Gasteiger partial charge in [0.1, 0.15) is 11.9 Å². The smallest absolute Gasteiger partial charge is 0.423 e. The van der Waals surface area contributed by atoms with Crippen LogP contribution >= 0.6 is 0 Å². The molecule has 49 heavy (non-hydrogen) atoms. The van der Waals surface area contributed by atoms with E-state index in [-0.39, 0.29) is 53.8 Å². The molecule has 0 unspecified atom stereocenters. The van der Waals surface area contributed by atoms with Crippen molar-refractivity contribution in [2.45, 2.75) is 57.5 Å². The fourth-order valence-electron chi connectivity index (χ4n) is 5.79. The number of rotatable bonds is 10. The lowest BCUT2D eigenvalue weighted by molar-refractivity contribution is -0.141. The zero-order valence-corrected chi connectivity index (χ0v) is 26.2. The fourth-order valence-corrected chi connectivity index (χ4v) is 5.79. The molecule has 0 saturated heterocycles. The quantitative estimate of drug-likeness (QED) is 0.170. The Morgan fingerprint density at radius 3 is 2.43 bits per heavy atom. The number of alkyl halides is 5. The fraction of sp³-hybridized carbons (Fsp3) is 0.367. The summed E-state index contributed by atoms with van der Waals surface area (Å²) in [5, 5.41) is 29.5. The van der Waals surface area contributed by atoms with Crippen LogP contribution in [0.3, 0.4) is 0 Å². The predicted molar refractivity (Wildman–Crippen MR) is 162 cm³/mol. The summed E-state index contributed by atoms with van der Waals surface area (Å²) in [5.41, 5.74) is -3.21. The number of pyridine rings is 1. The van der Waals surface area contributed by atoms with Crippen LogP contribution in [0.15, 0.2) is 53.7 Å². The van der Waals surface area contributed by atoms with Gasteiger partial charge in [-0.15, -0.1) is 0 Å². The molecular formula is C30H30BF6N7O5. The first kappa shape index (κ1) is 35.4. The van der Waals surface area contributed by atoms with E-state index < -0.39 is 65.9 Å². The largest absolute Gasteiger partial charge is 0.488 e. The van der Waals surface area contributed by atoms with Gasteiger partial charge in [0.2, 0.25) is 11.5 Å². The molecule has 4 heterocycles. The molecule has 1 aliphatic rings. The Balaban J connectivity index is 1.49. The number of halogens is 6. The van der Waals surface area contributed by atoms with E-state index in [1.807, 2.05) is 0 Å². The average molecular weight is 693 g/mol. The third kappa shape index (κ3) is 7.41. The zero-order chi connectivity index (χ0) is 36.0. The molecule has 12 nitrogen and oxygen atoms in total. The van der Waals surface area contributed by atoms with Gasteiger partial charge in [-0.2, -0.15) is 32.1 Å². The van der Waals surface area contributed by atoms with Gasteiger partial charge in [-0.3, -0.25) is 19.1 Å². The third-order valence-electron chi connectivity index (χ3n) is 8.08. The molecule has 0 radical (unpaired) electrons. The van der Waals surface area contributed by atoms with Gasteiger partial charge in [0.25, 0.3) is 5.91 Å². The molecule has 0 fully saturated rings. The standard InChI is InChI=1S/C30H30BF6N7O5/c1-29(2,15-44-21(11-23(40-44)30(35,36)37)17-4-7-24(45)41(3)14-17)39-26(46)22(10-16-12-38-43(13-16)28(33)34)42-9-8-18-19(31(48)49)5-6-20(32)25(18)27(42)47/h4-7,11-14,22,28,48-49H,8-10,15H2,1-3H3,(H,39,46)/t22-/m1/s1. The van der Waals surface area contributed by atoms with Crippen molar-refractivity contribution in [2.75, 3.05) is 6.54 Å². The summed E-state index contributed by atoms with van der Waals surface area (Å²) in [4.78, 5) is 40.7. The van der Waals surface area contributed by atoms with Gasteiger partial charge in [-0.1, -0.05) is 6.07 Å². The summed E-state index contributed by atoms with van der Waals surface area (Å²) >= 11 is 0. The van der Waals surface area contributed by atoms with Crippen molar-refractivity contribution in [2.24, 2.45) is 7.05 Å². The van der Waals surface area contributed by atoms with Crippen molar-refractivity contribution in [3.63, 3.8) is 0 Å². The maximum atomic E-state index is 15.0. The van der Waals surface area contributed by atoms with Crippen molar-refractivity contribution in [3.8, 4) is 11.3 Å². The highest BCUT2D eigenvalue weighted by atomic mass is 19.4. The molecule has 5 rings (SSSR count). The first-order valence-corrected chi connectivity index (χ1v) is 14.8. The first-order chi connectivity index (χ1) is 22.9. The van der Waals surface area contributed by atoms with Crippen molar-refractivity contribution in [1.29, 1.82) is 0 Å². The molecule has 3 N–H and O–H groups in total. The summed E-state index contributed by atoms with van der Waals surface area (Å²) in [6, 6.07) is 3.85. The number of amides is 2. The maximum absolute atomic E-state index is 15.0. The topological polar surface area (TPSA) is 148 Å². The molecule has 0 saturated carbocycles. The number of nitrogens with one attached hydrogen (secondary N) is 1. The van der Waals surface area contributed by atoms with Gasteiger partial charge in [0.15, 0.2) is 5.69 Å². The SMILES string of the molecule is Cn1cc(-c2cc(C(F)(F)F)nn2CC(C)(C)NC(=O)[C@@H](Cc2cnn(C(F)F)c2)N2CCc3c(B(O)O)ccc(F)c3C2=O)ccc1=O. The highest BCUT2D eigenvalue weighted by Gasteiger charge is 2.40. The predicted octanol–water partition coefficient (Wildman–Crippen LogP) is 1.88. The molecule has 0 aliphatic carbocycles. The van der Waals surface area contributed by atoms with Gasteiger partial charge in [0.05, 0.1) is 29.5 Å². The maximum Gasteiger partial charge on any atom is 0.488 e. The van der Waals surface area contributed by atoms with Crippen molar-refractivity contribution in [3.05, 3.63) is 87.5 Å². The minimum atomic E-state index is -4.83. The first-order valence-electron chi connectivity index (χ1n) is 14.8. The van der Waals surface area contributed by atoms with Crippen LogP contribution in [-0.4, -0.2) is 76.1 Å². The number of nitrogens with zero attached hydrogens (tertiary/aromatic N) is 6. The van der Waals surface area contributed by atoms with Crippen LogP contribution in [0.5, 0.6) is 0 Å². The van der Waals surface area contributed by atoms with E-state index in [0.717, 1.165) is 40.2 Å². The number of carbonyl (C=O) groups is 2. The van der Waals surface area contributed by atoms with Gasteiger partial charge < -0.3 is 24.8 Å². The van der Waals surface area contributed by atoms with Gasteiger partial charge >= 0.3 is 19.8 Å². The van der Waals surface area contributed by atoms with Crippen LogP contribution in [0, 0.1) is 5.82 Å². The van der Waals surface area contributed by atoms with Crippen molar-refractivity contribution < 1.29 is 46.0 Å². The second-order valence-corrected chi connectivity index (χ2v) is 12.2. The van der Waals surface area contributed by atoms with E-state index in [2.05, 4.69) is 15.5 Å². The Morgan fingerprint density at radius 1 is 1.10 bits per heavy atom. The van der Waals surface area contributed by atoms with Gasteiger partial charge in [-0.25, -0.2) is 9.07 Å². The monoisotopic (exact) mass is 693 g/mol. The van der Waals surface area contributed by atoms with Crippen molar-refractivity contribution in [1.82, 2.24) is 34.3 Å². The van der Waals surface area contributed by atoms with E-state index >= 15 is 4.39 Å². The molecule has 3 aromatic heterocycles. The number of hydrogen-bond acceptors (Lipinski definition) is 7. The number of aryl methyl sites for hydroxylation is 1. The minimum absolute atomic E-state index is 0.0126. The molecule has 0 bridgehead atoms. The van der Waals surface area contributed by atoms with Gasteiger partial charge in [-0.05, 0) is 55.1 Å². The minimum Gasteiger partial charge on any atom is -0.423 e. The highest BCUT2D eigenvalue weighted by Crippen LogP contribution is 2.32. The number of benzene rings is 1. The summed E-state index contributed by atoms with van der Waals surface area (Å²) in [7, 11) is -0.592. The van der Waals surface area contributed by atoms with Crippen LogP contribution in [0.1, 0.15) is 47.6 Å². The van der Waals surface area contributed by atoms with Crippen LogP contribution in [0.2, 0.25) is 0 Å². The van der Waals surface area contributed by atoms with Crippen LogP contribution in [-0.2, 0) is 37.4 Å². The van der Waals surface area contributed by atoms with Crippen LogP contribution < -0.4 is 16.3 Å². The number of fused-ring (bicyclic) bond motifs is 1. The molecule has 2 amide bonds. The molecule has 1 aromatic carbocycles. The normalized spacial score (nSPS) is 14.3. The lowest BCUT2D eigenvalue weighted by Crippen LogP contribution is -2.58. The second-order valence-electron chi connectivity index (χ2n) is 12.2. The summed E-state index contributed by atoms with van der Waals surface area (Å²) in [6.45, 7) is -0.581. The Bertz CT molecular complexity index is 1960. The lowest BCUT2D eigenvalue weighted by Gasteiger charge is -2.37. The Hall–Kier alpha value is -4.91. The summed E-state index contributed by atoms with van der Waals surface area (Å²) in [6.07, 6.45) is -1.90. The Morgan fingerprint density at radius 2 is 1.82 bits per heavy atom. The molecule has 1 aliphatic heterocycles. The highest BCUT2D eigenvalue weighted by molar-refractivity contribution is 6.59. The summed E-state index contributed by atoms with van der Waals surface area (Å²) < 4.78 is 85.4. The zero-order valence-electron chi connectivity index (χ0n) is 26.2. The van der Waals surface area contributed by atoms with Gasteiger partial charge in [0, 0.05) is 44.0 Å². The number of carbonyl (C=O) groups excluding carboxylic acids is 2. The Labute approximate surface area is 274 Å². The molecular weight excluding hydrogens is 663 g/mol. The molecule has 19 heteroatoms. The van der Waals surface area contributed by atoms with E-state index in [4.69, 9.17) is 0 Å². The second kappa shape index (κ2) is 13.2. The van der Waals surface area contributed by atoms with E-state index in [1.165, 1.54) is 43.8 Å². The van der Waals surface area contributed by atoms with Crippen LogP contribution in [0.25, 0.3) is 11.3 Å². The molecule has 0 spiro atoms. The summed E-state index contributed by atoms with van der Waals surface area (Å²) in [5.74, 6) is -2.80. The van der Waals surface area contributed by atoms with E-state index in [9.17, 15) is 46.4 Å². The average Bonchev–Trinajstić information content (AvgIpc) is 3.65. The molecule has 260 valence electrons. The number of hydrogen-bond donors (Lipinski definition) is 3. The van der Waals surface area contributed by atoms with Crippen molar-refractivity contribution >= 4 is 24.4 Å². The molecule has 4 aromatic rings. The lowest BCUT2D eigenvalue weighted by atomic mass is 9.73.